The molecule has 1 aromatic rings. The third-order valence-corrected chi connectivity index (χ3v) is 4.13. The van der Waals surface area contributed by atoms with E-state index in [1.807, 2.05) is 36.1 Å². The summed E-state index contributed by atoms with van der Waals surface area (Å²) in [5.41, 5.74) is 2.28. The van der Waals surface area contributed by atoms with E-state index in [4.69, 9.17) is 0 Å². The van der Waals surface area contributed by atoms with Crippen LogP contribution in [0, 0.1) is 12.3 Å². The first-order chi connectivity index (χ1) is 11.2. The Balaban J connectivity index is 1.79. The molecule has 0 saturated carbocycles. The van der Waals surface area contributed by atoms with E-state index in [-0.39, 0.29) is 17.4 Å². The normalized spacial score (nSPS) is 15.3. The number of rotatable bonds is 3. The minimum absolute atomic E-state index is 0.0318. The Hall–Kier alpha value is -2.04. The maximum atomic E-state index is 12.4. The van der Waals surface area contributed by atoms with Gasteiger partial charge in [-0.3, -0.25) is 4.79 Å². The maximum absolute atomic E-state index is 12.4. The number of hydrogen-bond donors (Lipinski definition) is 1. The molecule has 24 heavy (non-hydrogen) atoms. The molecule has 0 aliphatic carbocycles. The molecule has 5 heteroatoms. The third kappa shape index (κ3) is 5.55. The third-order valence-electron chi connectivity index (χ3n) is 4.13. The van der Waals surface area contributed by atoms with E-state index in [1.165, 1.54) is 5.56 Å². The highest BCUT2D eigenvalue weighted by Gasteiger charge is 2.24. The Bertz CT molecular complexity index is 585. The summed E-state index contributed by atoms with van der Waals surface area (Å²) in [6.45, 7) is 11.4. The number of hydrogen-bond acceptors (Lipinski definition) is 2. The summed E-state index contributed by atoms with van der Waals surface area (Å²) >= 11 is 0. The molecule has 1 fully saturated rings. The molecular formula is C19H29N3O2. The summed E-state index contributed by atoms with van der Waals surface area (Å²) in [5, 5.41) is 2.97. The summed E-state index contributed by atoms with van der Waals surface area (Å²) in [5.74, 6) is 0.135. The molecule has 132 valence electrons. The van der Waals surface area contributed by atoms with Crippen molar-refractivity contribution in [3.8, 4) is 0 Å². The molecule has 1 N–H and O–H groups in total. The van der Waals surface area contributed by atoms with E-state index in [0.717, 1.165) is 5.56 Å². The van der Waals surface area contributed by atoms with Crippen molar-refractivity contribution in [2.24, 2.45) is 5.41 Å². The SMILES string of the molecule is Cc1cccc(CC(=O)N2CCN(C(=O)NCC(C)(C)C)CC2)c1. The number of piperazine rings is 1. The van der Waals surface area contributed by atoms with Crippen molar-refractivity contribution in [3.05, 3.63) is 35.4 Å². The van der Waals surface area contributed by atoms with Crippen LogP contribution < -0.4 is 5.32 Å². The second-order valence-corrected chi connectivity index (χ2v) is 7.75. The summed E-state index contributed by atoms with van der Waals surface area (Å²) < 4.78 is 0. The molecule has 0 bridgehead atoms. The van der Waals surface area contributed by atoms with Crippen molar-refractivity contribution in [2.75, 3.05) is 32.7 Å². The molecule has 1 heterocycles. The Morgan fingerprint density at radius 3 is 2.29 bits per heavy atom. The number of benzene rings is 1. The summed E-state index contributed by atoms with van der Waals surface area (Å²) in [6, 6.07) is 8.02. The molecule has 1 aliphatic heterocycles. The molecule has 0 radical (unpaired) electrons. The van der Waals surface area contributed by atoms with Gasteiger partial charge in [-0.15, -0.1) is 0 Å². The Morgan fingerprint density at radius 1 is 1.08 bits per heavy atom. The Kier molecular flexibility index (Phi) is 5.86. The zero-order valence-electron chi connectivity index (χ0n) is 15.3. The smallest absolute Gasteiger partial charge is 0.317 e. The van der Waals surface area contributed by atoms with Gasteiger partial charge >= 0.3 is 6.03 Å². The first kappa shape index (κ1) is 18.3. The second-order valence-electron chi connectivity index (χ2n) is 7.75. The Labute approximate surface area is 145 Å². The van der Waals surface area contributed by atoms with E-state index < -0.39 is 0 Å². The lowest BCUT2D eigenvalue weighted by Crippen LogP contribution is -2.54. The van der Waals surface area contributed by atoms with Gasteiger partial charge in [-0.05, 0) is 17.9 Å². The predicted molar refractivity (Wildman–Crippen MR) is 95.9 cm³/mol. The van der Waals surface area contributed by atoms with E-state index in [0.29, 0.717) is 39.1 Å². The van der Waals surface area contributed by atoms with Crippen LogP contribution in [0.2, 0.25) is 0 Å². The predicted octanol–water partition coefficient (Wildman–Crippen LogP) is 2.44. The van der Waals surface area contributed by atoms with Gasteiger partial charge in [0.25, 0.3) is 0 Å². The highest BCUT2D eigenvalue weighted by molar-refractivity contribution is 5.79. The average Bonchev–Trinajstić information content (AvgIpc) is 2.52. The van der Waals surface area contributed by atoms with Crippen molar-refractivity contribution in [3.63, 3.8) is 0 Å². The van der Waals surface area contributed by atoms with E-state index in [2.05, 4.69) is 26.1 Å². The largest absolute Gasteiger partial charge is 0.339 e. The van der Waals surface area contributed by atoms with Gasteiger partial charge in [0, 0.05) is 32.7 Å². The number of nitrogens with one attached hydrogen (secondary N) is 1. The highest BCUT2D eigenvalue weighted by Crippen LogP contribution is 2.12. The molecular weight excluding hydrogens is 302 g/mol. The summed E-state index contributed by atoms with van der Waals surface area (Å²) in [4.78, 5) is 28.2. The van der Waals surface area contributed by atoms with Gasteiger partial charge in [0.1, 0.15) is 0 Å². The van der Waals surface area contributed by atoms with Crippen molar-refractivity contribution in [1.82, 2.24) is 15.1 Å². The fourth-order valence-corrected chi connectivity index (χ4v) is 2.72. The molecule has 1 aliphatic rings. The quantitative estimate of drug-likeness (QED) is 0.925. The van der Waals surface area contributed by atoms with E-state index in [1.54, 1.807) is 4.90 Å². The van der Waals surface area contributed by atoms with Crippen LogP contribution in [-0.2, 0) is 11.2 Å². The molecule has 0 atom stereocenters. The van der Waals surface area contributed by atoms with Crippen LogP contribution in [0.5, 0.6) is 0 Å². The minimum Gasteiger partial charge on any atom is -0.339 e. The lowest BCUT2D eigenvalue weighted by Gasteiger charge is -2.35. The van der Waals surface area contributed by atoms with Crippen LogP contribution in [-0.4, -0.2) is 54.5 Å². The van der Waals surface area contributed by atoms with E-state index in [9.17, 15) is 9.59 Å². The Morgan fingerprint density at radius 2 is 1.71 bits per heavy atom. The molecule has 3 amide bonds. The maximum Gasteiger partial charge on any atom is 0.317 e. The van der Waals surface area contributed by atoms with Crippen LogP contribution in [0.15, 0.2) is 24.3 Å². The molecule has 5 nitrogen and oxygen atoms in total. The average molecular weight is 331 g/mol. The zero-order chi connectivity index (χ0) is 17.7. The van der Waals surface area contributed by atoms with Crippen LogP contribution in [0.3, 0.4) is 0 Å². The van der Waals surface area contributed by atoms with Crippen molar-refractivity contribution >= 4 is 11.9 Å². The van der Waals surface area contributed by atoms with Crippen LogP contribution in [0.25, 0.3) is 0 Å². The number of nitrogens with zero attached hydrogens (tertiary/aromatic N) is 2. The summed E-state index contributed by atoms with van der Waals surface area (Å²) in [7, 11) is 0. The zero-order valence-corrected chi connectivity index (χ0v) is 15.3. The van der Waals surface area contributed by atoms with Gasteiger partial charge in [0.2, 0.25) is 5.91 Å². The van der Waals surface area contributed by atoms with Gasteiger partial charge in [-0.25, -0.2) is 4.79 Å². The molecule has 2 rings (SSSR count). The first-order valence-electron chi connectivity index (χ1n) is 8.61. The van der Waals surface area contributed by atoms with Crippen LogP contribution in [0.1, 0.15) is 31.9 Å². The molecule has 1 aromatic carbocycles. The molecule has 0 spiro atoms. The monoisotopic (exact) mass is 331 g/mol. The number of carbonyl (C=O) groups excluding carboxylic acids is 2. The molecule has 0 aromatic heterocycles. The van der Waals surface area contributed by atoms with Gasteiger partial charge in [-0.2, -0.15) is 0 Å². The van der Waals surface area contributed by atoms with Crippen LogP contribution in [0.4, 0.5) is 4.79 Å². The second kappa shape index (κ2) is 7.69. The van der Waals surface area contributed by atoms with Crippen molar-refractivity contribution in [2.45, 2.75) is 34.1 Å². The molecule has 0 unspecified atom stereocenters. The van der Waals surface area contributed by atoms with Gasteiger partial charge < -0.3 is 15.1 Å². The van der Waals surface area contributed by atoms with E-state index >= 15 is 0 Å². The fraction of sp³-hybridized carbons (Fsp3) is 0.579. The lowest BCUT2D eigenvalue weighted by atomic mass is 9.97. The highest BCUT2D eigenvalue weighted by atomic mass is 16.2. The number of amides is 3. The standard InChI is InChI=1S/C19H29N3O2/c1-15-6-5-7-16(12-15)13-17(23)21-8-10-22(11-9-21)18(24)20-14-19(2,3)4/h5-7,12H,8-11,13-14H2,1-4H3,(H,20,24). The summed E-state index contributed by atoms with van der Waals surface area (Å²) in [6.07, 6.45) is 0.428. The molecule has 1 saturated heterocycles. The number of urea groups is 1. The minimum atomic E-state index is -0.0318. The topological polar surface area (TPSA) is 52.7 Å². The van der Waals surface area contributed by atoms with Gasteiger partial charge in [0.05, 0.1) is 6.42 Å². The van der Waals surface area contributed by atoms with Crippen molar-refractivity contribution in [1.29, 1.82) is 0 Å². The first-order valence-corrected chi connectivity index (χ1v) is 8.61. The lowest BCUT2D eigenvalue weighted by molar-refractivity contribution is -0.131. The van der Waals surface area contributed by atoms with Crippen LogP contribution >= 0.6 is 0 Å². The van der Waals surface area contributed by atoms with Gasteiger partial charge in [0.15, 0.2) is 0 Å². The van der Waals surface area contributed by atoms with Gasteiger partial charge in [-0.1, -0.05) is 50.6 Å². The number of carbonyl (C=O) groups is 2. The van der Waals surface area contributed by atoms with Crippen molar-refractivity contribution < 1.29 is 9.59 Å². The number of aryl methyl sites for hydroxylation is 1. The fourth-order valence-electron chi connectivity index (χ4n) is 2.72.